The Hall–Kier alpha value is -1.69. The molecule has 0 aliphatic carbocycles. The Morgan fingerprint density at radius 1 is 1.56 bits per heavy atom. The molecule has 0 bridgehead atoms. The number of methoxy groups -OCH3 is 1. The molecule has 0 aliphatic rings. The van der Waals surface area contributed by atoms with Crippen molar-refractivity contribution in [1.82, 2.24) is 9.38 Å². The van der Waals surface area contributed by atoms with Crippen LogP contribution in [-0.2, 0) is 9.53 Å². The van der Waals surface area contributed by atoms with Crippen molar-refractivity contribution in [2.45, 2.75) is 13.3 Å². The first kappa shape index (κ1) is 10.8. The smallest absolute Gasteiger partial charge is 0.313 e. The van der Waals surface area contributed by atoms with Crippen molar-refractivity contribution >= 4 is 28.1 Å². The zero-order valence-electron chi connectivity index (χ0n) is 8.89. The van der Waals surface area contributed by atoms with E-state index in [1.54, 1.807) is 17.5 Å². The summed E-state index contributed by atoms with van der Waals surface area (Å²) in [4.78, 5) is 27.9. The summed E-state index contributed by atoms with van der Waals surface area (Å²) in [5.74, 6) is -0.801. The van der Waals surface area contributed by atoms with Gasteiger partial charge in [0.25, 0.3) is 0 Å². The molecule has 0 radical (unpaired) electrons. The number of aromatic nitrogens is 2. The number of ketones is 1. The van der Waals surface area contributed by atoms with Crippen molar-refractivity contribution in [3.63, 3.8) is 0 Å². The predicted molar refractivity (Wildman–Crippen MR) is 58.8 cm³/mol. The summed E-state index contributed by atoms with van der Waals surface area (Å²) in [5, 5.41) is 1.84. The fraction of sp³-hybridized carbons (Fsp3) is 0.300. The molecule has 5 nitrogen and oxygen atoms in total. The molecule has 0 aliphatic heterocycles. The highest BCUT2D eigenvalue weighted by atomic mass is 32.1. The van der Waals surface area contributed by atoms with Gasteiger partial charge in [0, 0.05) is 11.6 Å². The summed E-state index contributed by atoms with van der Waals surface area (Å²) in [6, 6.07) is 0. The molecule has 84 valence electrons. The number of esters is 1. The molecule has 2 aromatic rings. The van der Waals surface area contributed by atoms with Gasteiger partial charge >= 0.3 is 5.97 Å². The van der Waals surface area contributed by atoms with E-state index in [0.717, 1.165) is 4.96 Å². The first-order valence-electron chi connectivity index (χ1n) is 4.65. The first-order valence-corrected chi connectivity index (χ1v) is 5.53. The zero-order valence-corrected chi connectivity index (χ0v) is 9.71. The van der Waals surface area contributed by atoms with Gasteiger partial charge in [0.15, 0.2) is 10.7 Å². The standard InChI is InChI=1S/C10H10N2O3S/c1-6-9(7(13)5-8(14)15-2)12-3-4-16-10(12)11-6/h3-4H,5H2,1-2H3. The number of carbonyl (C=O) groups is 2. The largest absolute Gasteiger partial charge is 0.469 e. The lowest BCUT2D eigenvalue weighted by molar-refractivity contribution is -0.139. The number of imidazole rings is 1. The minimum absolute atomic E-state index is 0.249. The molecule has 0 atom stereocenters. The van der Waals surface area contributed by atoms with E-state index in [1.165, 1.54) is 18.4 Å². The lowest BCUT2D eigenvalue weighted by Crippen LogP contribution is -2.12. The lowest BCUT2D eigenvalue weighted by Gasteiger charge is -1.99. The number of hydrogen-bond donors (Lipinski definition) is 0. The van der Waals surface area contributed by atoms with Gasteiger partial charge in [0.05, 0.1) is 12.8 Å². The fourth-order valence-corrected chi connectivity index (χ4v) is 2.28. The molecule has 16 heavy (non-hydrogen) atoms. The van der Waals surface area contributed by atoms with E-state index in [-0.39, 0.29) is 12.2 Å². The quantitative estimate of drug-likeness (QED) is 0.461. The van der Waals surface area contributed by atoms with E-state index in [1.807, 2.05) is 5.38 Å². The Labute approximate surface area is 95.7 Å². The highest BCUT2D eigenvalue weighted by Crippen LogP contribution is 2.18. The van der Waals surface area contributed by atoms with Crippen LogP contribution >= 0.6 is 11.3 Å². The third kappa shape index (κ3) is 1.71. The van der Waals surface area contributed by atoms with Crippen LogP contribution in [0.4, 0.5) is 0 Å². The number of ether oxygens (including phenoxy) is 1. The minimum Gasteiger partial charge on any atom is -0.469 e. The maximum atomic E-state index is 11.9. The molecule has 2 heterocycles. The van der Waals surface area contributed by atoms with Crippen molar-refractivity contribution in [2.24, 2.45) is 0 Å². The molecule has 0 saturated heterocycles. The molecule has 0 saturated carbocycles. The van der Waals surface area contributed by atoms with Gasteiger partial charge in [-0.3, -0.25) is 14.0 Å². The number of thiazole rings is 1. The lowest BCUT2D eigenvalue weighted by atomic mass is 10.2. The SMILES string of the molecule is COC(=O)CC(=O)c1c(C)nc2sccn12. The van der Waals surface area contributed by atoms with Crippen molar-refractivity contribution in [2.75, 3.05) is 7.11 Å². The molecule has 0 N–H and O–H groups in total. The van der Waals surface area contributed by atoms with Gasteiger partial charge < -0.3 is 4.74 Å². The third-order valence-corrected chi connectivity index (χ3v) is 2.99. The van der Waals surface area contributed by atoms with Crippen molar-refractivity contribution in [1.29, 1.82) is 0 Å². The molecule has 2 aromatic heterocycles. The normalized spacial score (nSPS) is 10.6. The third-order valence-electron chi connectivity index (χ3n) is 2.23. The van der Waals surface area contributed by atoms with E-state index < -0.39 is 5.97 Å². The van der Waals surface area contributed by atoms with E-state index in [2.05, 4.69) is 9.72 Å². The number of nitrogens with zero attached hydrogens (tertiary/aromatic N) is 2. The van der Waals surface area contributed by atoms with Gasteiger partial charge in [-0.05, 0) is 6.92 Å². The van der Waals surface area contributed by atoms with Gasteiger partial charge in [0.1, 0.15) is 12.1 Å². The summed E-state index contributed by atoms with van der Waals surface area (Å²) in [5.41, 5.74) is 1.10. The van der Waals surface area contributed by atoms with Crippen LogP contribution < -0.4 is 0 Å². The Kier molecular flexibility index (Phi) is 2.74. The van der Waals surface area contributed by atoms with Crippen LogP contribution in [0.2, 0.25) is 0 Å². The summed E-state index contributed by atoms with van der Waals surface area (Å²) >= 11 is 1.45. The highest BCUT2D eigenvalue weighted by Gasteiger charge is 2.19. The van der Waals surface area contributed by atoms with Crippen LogP contribution in [0, 0.1) is 6.92 Å². The van der Waals surface area contributed by atoms with Crippen LogP contribution in [0.15, 0.2) is 11.6 Å². The van der Waals surface area contributed by atoms with E-state index >= 15 is 0 Å². The average Bonchev–Trinajstić information content (AvgIpc) is 2.76. The van der Waals surface area contributed by atoms with Crippen LogP contribution in [-0.4, -0.2) is 28.2 Å². The number of carbonyl (C=O) groups excluding carboxylic acids is 2. The monoisotopic (exact) mass is 238 g/mol. The van der Waals surface area contributed by atoms with Gasteiger partial charge in [-0.2, -0.15) is 0 Å². The predicted octanol–water partition coefficient (Wildman–Crippen LogP) is 1.45. The van der Waals surface area contributed by atoms with Crippen molar-refractivity contribution in [3.8, 4) is 0 Å². The summed E-state index contributed by atoms with van der Waals surface area (Å²) in [7, 11) is 1.26. The zero-order chi connectivity index (χ0) is 11.7. The molecular weight excluding hydrogens is 228 g/mol. The van der Waals surface area contributed by atoms with E-state index in [0.29, 0.717) is 11.4 Å². The number of fused-ring (bicyclic) bond motifs is 1. The van der Waals surface area contributed by atoms with E-state index in [4.69, 9.17) is 0 Å². The van der Waals surface area contributed by atoms with Crippen LogP contribution in [0.25, 0.3) is 4.96 Å². The fourth-order valence-electron chi connectivity index (χ4n) is 1.52. The topological polar surface area (TPSA) is 60.7 Å². The van der Waals surface area contributed by atoms with Crippen LogP contribution in [0.5, 0.6) is 0 Å². The second-order valence-electron chi connectivity index (χ2n) is 3.28. The molecule has 0 fully saturated rings. The number of aryl methyl sites for hydroxylation is 1. The van der Waals surface area contributed by atoms with Gasteiger partial charge in [-0.15, -0.1) is 11.3 Å². The average molecular weight is 238 g/mol. The maximum Gasteiger partial charge on any atom is 0.313 e. The van der Waals surface area contributed by atoms with Crippen LogP contribution in [0.3, 0.4) is 0 Å². The molecule has 0 aromatic carbocycles. The van der Waals surface area contributed by atoms with Gasteiger partial charge in [-0.25, -0.2) is 4.98 Å². The molecule has 6 heteroatoms. The Balaban J connectivity index is 2.38. The highest BCUT2D eigenvalue weighted by molar-refractivity contribution is 7.15. The maximum absolute atomic E-state index is 11.9. The van der Waals surface area contributed by atoms with E-state index in [9.17, 15) is 9.59 Å². The van der Waals surface area contributed by atoms with Gasteiger partial charge in [-0.1, -0.05) is 0 Å². The Bertz CT molecular complexity index is 555. The van der Waals surface area contributed by atoms with Crippen LogP contribution in [0.1, 0.15) is 22.6 Å². The number of rotatable bonds is 3. The second kappa shape index (κ2) is 4.05. The Morgan fingerprint density at radius 2 is 2.31 bits per heavy atom. The van der Waals surface area contributed by atoms with Crippen molar-refractivity contribution in [3.05, 3.63) is 23.0 Å². The molecular formula is C10H10N2O3S. The second-order valence-corrected chi connectivity index (χ2v) is 4.15. The molecule has 0 amide bonds. The van der Waals surface area contributed by atoms with Crippen molar-refractivity contribution < 1.29 is 14.3 Å². The minimum atomic E-state index is -0.533. The summed E-state index contributed by atoms with van der Waals surface area (Å²) in [6.07, 6.45) is 1.52. The summed E-state index contributed by atoms with van der Waals surface area (Å²) < 4.78 is 6.17. The molecule has 0 spiro atoms. The number of hydrogen-bond acceptors (Lipinski definition) is 5. The Morgan fingerprint density at radius 3 is 3.00 bits per heavy atom. The van der Waals surface area contributed by atoms with Gasteiger partial charge in [0.2, 0.25) is 0 Å². The molecule has 2 rings (SSSR count). The number of Topliss-reactive ketones (excluding diaryl/α,β-unsaturated/α-hetero) is 1. The molecule has 0 unspecified atom stereocenters. The first-order chi connectivity index (χ1) is 7.63. The summed E-state index contributed by atoms with van der Waals surface area (Å²) in [6.45, 7) is 1.75.